The number of halogens is 1. The number of hydrogen-bond donors (Lipinski definition) is 2. The second-order valence-electron chi connectivity index (χ2n) is 9.66. The first-order valence-corrected chi connectivity index (χ1v) is 12.1. The smallest absolute Gasteiger partial charge is 0.262 e. The summed E-state index contributed by atoms with van der Waals surface area (Å²) in [4.78, 5) is 55.1. The number of rotatable bonds is 5. The molecule has 0 saturated carbocycles. The molecule has 34 heavy (non-hydrogen) atoms. The summed E-state index contributed by atoms with van der Waals surface area (Å²) in [5.41, 5.74) is 0.362. The Bertz CT molecular complexity index is 1020. The summed E-state index contributed by atoms with van der Waals surface area (Å²) in [5, 5.41) is 5.42. The molecule has 4 amide bonds. The van der Waals surface area contributed by atoms with Gasteiger partial charge >= 0.3 is 0 Å². The van der Waals surface area contributed by atoms with Crippen molar-refractivity contribution in [2.24, 2.45) is 0 Å². The molecule has 182 valence electrons. The minimum Gasteiger partial charge on any atom is -0.369 e. The Kier molecular flexibility index (Phi) is 6.11. The SMILES string of the molecule is O=C1CCC(N2C(=O)c3ccc(N4CCN(CCC5(F)CCNCC5)CC4)cc3C2=O)C(=O)N1. The van der Waals surface area contributed by atoms with Crippen LogP contribution in [0.4, 0.5) is 10.1 Å². The van der Waals surface area contributed by atoms with Crippen LogP contribution in [0.2, 0.25) is 0 Å². The molecule has 0 aliphatic carbocycles. The predicted molar refractivity (Wildman–Crippen MR) is 122 cm³/mol. The van der Waals surface area contributed by atoms with Crippen LogP contribution in [-0.4, -0.2) is 91.0 Å². The average molecular weight is 472 g/mol. The molecule has 2 N–H and O–H groups in total. The van der Waals surface area contributed by atoms with Crippen molar-refractivity contribution in [3.05, 3.63) is 29.3 Å². The molecule has 0 spiro atoms. The average Bonchev–Trinajstić information content (AvgIpc) is 3.08. The Hall–Kier alpha value is -2.85. The maximum atomic E-state index is 14.9. The van der Waals surface area contributed by atoms with Crippen molar-refractivity contribution in [1.29, 1.82) is 0 Å². The first-order valence-electron chi connectivity index (χ1n) is 12.1. The number of nitrogens with zero attached hydrogens (tertiary/aromatic N) is 3. The molecule has 9 nitrogen and oxygen atoms in total. The van der Waals surface area contributed by atoms with Gasteiger partial charge in [-0.3, -0.25) is 34.3 Å². The van der Waals surface area contributed by atoms with Gasteiger partial charge < -0.3 is 10.2 Å². The number of carbonyl (C=O) groups excluding carboxylic acids is 4. The van der Waals surface area contributed by atoms with Crippen molar-refractivity contribution in [3.63, 3.8) is 0 Å². The van der Waals surface area contributed by atoms with Gasteiger partial charge in [0.2, 0.25) is 11.8 Å². The van der Waals surface area contributed by atoms with Crippen LogP contribution < -0.4 is 15.5 Å². The van der Waals surface area contributed by atoms with Crippen molar-refractivity contribution >= 4 is 29.3 Å². The van der Waals surface area contributed by atoms with Crippen molar-refractivity contribution in [3.8, 4) is 0 Å². The molecule has 3 fully saturated rings. The maximum absolute atomic E-state index is 14.9. The van der Waals surface area contributed by atoms with Crippen molar-refractivity contribution in [1.82, 2.24) is 20.4 Å². The number of fused-ring (bicyclic) bond motifs is 1. The zero-order valence-corrected chi connectivity index (χ0v) is 19.1. The highest BCUT2D eigenvalue weighted by atomic mass is 19.1. The van der Waals surface area contributed by atoms with Crippen LogP contribution >= 0.6 is 0 Å². The normalized spacial score (nSPS) is 25.5. The first-order chi connectivity index (χ1) is 16.3. The zero-order valence-electron chi connectivity index (χ0n) is 19.1. The van der Waals surface area contributed by atoms with Crippen LogP contribution in [0, 0.1) is 0 Å². The predicted octanol–water partition coefficient (Wildman–Crippen LogP) is 0.692. The topological polar surface area (TPSA) is 102 Å². The number of hydrogen-bond acceptors (Lipinski definition) is 7. The number of imide groups is 2. The number of piperidine rings is 2. The van der Waals surface area contributed by atoms with E-state index in [2.05, 4.69) is 20.4 Å². The molecule has 0 aromatic heterocycles. The van der Waals surface area contributed by atoms with E-state index in [1.54, 1.807) is 12.1 Å². The lowest BCUT2D eigenvalue weighted by atomic mass is 9.91. The first kappa shape index (κ1) is 22.9. The minimum absolute atomic E-state index is 0.0970. The van der Waals surface area contributed by atoms with Gasteiger partial charge in [0.1, 0.15) is 11.7 Å². The number of carbonyl (C=O) groups is 4. The summed E-state index contributed by atoms with van der Waals surface area (Å²) in [5.74, 6) is -1.99. The molecule has 5 rings (SSSR count). The van der Waals surface area contributed by atoms with Gasteiger partial charge in [-0.05, 0) is 57.0 Å². The summed E-state index contributed by atoms with van der Waals surface area (Å²) >= 11 is 0. The fourth-order valence-electron chi connectivity index (χ4n) is 5.37. The minimum atomic E-state index is -1.07. The van der Waals surface area contributed by atoms with Crippen LogP contribution in [0.1, 0.15) is 52.8 Å². The molecular weight excluding hydrogens is 441 g/mol. The Balaban J connectivity index is 1.21. The van der Waals surface area contributed by atoms with Crippen LogP contribution in [0.15, 0.2) is 18.2 Å². The number of nitrogens with one attached hydrogen (secondary N) is 2. The van der Waals surface area contributed by atoms with E-state index in [9.17, 15) is 23.6 Å². The number of piperazine rings is 1. The molecule has 0 bridgehead atoms. The van der Waals surface area contributed by atoms with E-state index >= 15 is 0 Å². The fraction of sp³-hybridized carbons (Fsp3) is 0.583. The van der Waals surface area contributed by atoms with Gasteiger partial charge in [0.25, 0.3) is 11.8 Å². The molecule has 1 aromatic rings. The number of anilines is 1. The van der Waals surface area contributed by atoms with Crippen molar-refractivity contribution in [2.75, 3.05) is 50.7 Å². The van der Waals surface area contributed by atoms with E-state index in [-0.39, 0.29) is 18.4 Å². The summed E-state index contributed by atoms with van der Waals surface area (Å²) in [6.45, 7) is 5.33. The van der Waals surface area contributed by atoms with E-state index in [1.165, 1.54) is 0 Å². The molecule has 10 heteroatoms. The fourth-order valence-corrected chi connectivity index (χ4v) is 5.37. The van der Waals surface area contributed by atoms with Gasteiger partial charge in [0.05, 0.1) is 11.1 Å². The van der Waals surface area contributed by atoms with Gasteiger partial charge in [-0.2, -0.15) is 0 Å². The molecule has 1 atom stereocenters. The van der Waals surface area contributed by atoms with Crippen LogP contribution in [0.25, 0.3) is 0 Å². The molecule has 4 heterocycles. The van der Waals surface area contributed by atoms with Gasteiger partial charge in [-0.1, -0.05) is 0 Å². The van der Waals surface area contributed by atoms with E-state index in [0.717, 1.165) is 56.4 Å². The van der Waals surface area contributed by atoms with E-state index in [1.807, 2.05) is 6.07 Å². The zero-order chi connectivity index (χ0) is 23.9. The van der Waals surface area contributed by atoms with Crippen LogP contribution in [0.3, 0.4) is 0 Å². The van der Waals surface area contributed by atoms with Crippen molar-refractivity contribution < 1.29 is 23.6 Å². The Morgan fingerprint density at radius 1 is 0.971 bits per heavy atom. The number of alkyl halides is 1. The number of amides is 4. The second kappa shape index (κ2) is 9.07. The maximum Gasteiger partial charge on any atom is 0.262 e. The molecule has 4 aliphatic rings. The van der Waals surface area contributed by atoms with E-state index in [0.29, 0.717) is 24.8 Å². The van der Waals surface area contributed by atoms with Gasteiger partial charge in [0, 0.05) is 44.8 Å². The summed E-state index contributed by atoms with van der Waals surface area (Å²) in [6, 6.07) is 4.24. The summed E-state index contributed by atoms with van der Waals surface area (Å²) in [7, 11) is 0. The third kappa shape index (κ3) is 4.32. The standard InChI is InChI=1S/C24H30FN5O4/c25-24(5-8-26-9-6-24)7-10-28-11-13-29(14-12-28)16-1-2-17-18(15-16)23(34)30(22(17)33)19-3-4-20(31)27-21(19)32/h1-2,15,19,26H,3-14H2,(H,27,31,32). The lowest BCUT2D eigenvalue weighted by Gasteiger charge is -2.38. The summed E-state index contributed by atoms with van der Waals surface area (Å²) < 4.78 is 14.9. The summed E-state index contributed by atoms with van der Waals surface area (Å²) in [6.07, 6.45) is 1.94. The lowest BCUT2D eigenvalue weighted by Crippen LogP contribution is -2.54. The molecular formula is C24H30FN5O4. The monoisotopic (exact) mass is 471 g/mol. The Labute approximate surface area is 197 Å². The molecule has 4 aliphatic heterocycles. The quantitative estimate of drug-likeness (QED) is 0.610. The third-order valence-corrected chi connectivity index (χ3v) is 7.54. The van der Waals surface area contributed by atoms with Gasteiger partial charge in [-0.25, -0.2) is 4.39 Å². The molecule has 0 radical (unpaired) electrons. The largest absolute Gasteiger partial charge is 0.369 e. The van der Waals surface area contributed by atoms with Gasteiger partial charge in [-0.15, -0.1) is 0 Å². The molecule has 1 aromatic carbocycles. The highest BCUT2D eigenvalue weighted by molar-refractivity contribution is 6.23. The third-order valence-electron chi connectivity index (χ3n) is 7.54. The Morgan fingerprint density at radius 3 is 2.38 bits per heavy atom. The highest BCUT2D eigenvalue weighted by Gasteiger charge is 2.44. The molecule has 3 saturated heterocycles. The lowest BCUT2D eigenvalue weighted by molar-refractivity contribution is -0.136. The van der Waals surface area contributed by atoms with Gasteiger partial charge in [0.15, 0.2) is 0 Å². The number of benzene rings is 1. The van der Waals surface area contributed by atoms with Crippen molar-refractivity contribution in [2.45, 2.75) is 43.8 Å². The van der Waals surface area contributed by atoms with E-state index < -0.39 is 35.3 Å². The molecule has 1 unspecified atom stereocenters. The highest BCUT2D eigenvalue weighted by Crippen LogP contribution is 2.31. The van der Waals surface area contributed by atoms with Crippen LogP contribution in [0.5, 0.6) is 0 Å². The van der Waals surface area contributed by atoms with E-state index in [4.69, 9.17) is 0 Å². The Morgan fingerprint density at radius 2 is 1.68 bits per heavy atom. The second-order valence-corrected chi connectivity index (χ2v) is 9.66. The van der Waals surface area contributed by atoms with Crippen LogP contribution in [-0.2, 0) is 9.59 Å².